The molecule has 0 radical (unpaired) electrons. The Balaban J connectivity index is 2.30. The van der Waals surface area contributed by atoms with Crippen molar-refractivity contribution in [3.63, 3.8) is 0 Å². The van der Waals surface area contributed by atoms with E-state index in [0.29, 0.717) is 6.04 Å². The predicted molar refractivity (Wildman–Crippen MR) is 68.2 cm³/mol. The maximum atomic E-state index is 6.24. The summed E-state index contributed by atoms with van der Waals surface area (Å²) in [5, 5.41) is 0. The van der Waals surface area contributed by atoms with Gasteiger partial charge in [-0.15, -0.1) is 0 Å². The second kappa shape index (κ2) is 4.90. The Bertz CT molecular complexity index is 351. The van der Waals surface area contributed by atoms with Gasteiger partial charge in [-0.2, -0.15) is 0 Å². The van der Waals surface area contributed by atoms with Crippen LogP contribution in [-0.2, 0) is 0 Å². The summed E-state index contributed by atoms with van der Waals surface area (Å²) in [6.07, 6.45) is 3.97. The lowest BCUT2D eigenvalue weighted by Gasteiger charge is -2.41. The fraction of sp³-hybridized carbons (Fsp3) is 0.667. The van der Waals surface area contributed by atoms with Crippen LogP contribution < -0.4 is 5.73 Å². The molecule has 90 valence electrons. The minimum atomic E-state index is 0.165. The molecular formula is C12H19BrN2O. The smallest absolute Gasteiger partial charge is 0.136 e. The van der Waals surface area contributed by atoms with Crippen molar-refractivity contribution in [3.05, 3.63) is 22.6 Å². The molecule has 1 aromatic heterocycles. The molecule has 2 unspecified atom stereocenters. The zero-order valence-electron chi connectivity index (χ0n) is 9.82. The first-order chi connectivity index (χ1) is 7.61. The van der Waals surface area contributed by atoms with Crippen LogP contribution in [0, 0.1) is 0 Å². The molecule has 1 aliphatic rings. The number of likely N-dealkylation sites (tertiary alicyclic amines) is 1. The van der Waals surface area contributed by atoms with Gasteiger partial charge >= 0.3 is 0 Å². The van der Waals surface area contributed by atoms with Crippen LogP contribution in [0.3, 0.4) is 0 Å². The third-order valence-electron chi connectivity index (χ3n) is 3.29. The molecule has 0 spiro atoms. The third-order valence-corrected chi connectivity index (χ3v) is 3.95. The number of nitrogens with two attached hydrogens (primary N) is 1. The Morgan fingerprint density at radius 2 is 2.31 bits per heavy atom. The quantitative estimate of drug-likeness (QED) is 0.909. The van der Waals surface area contributed by atoms with E-state index in [0.717, 1.165) is 23.2 Å². The molecule has 0 bridgehead atoms. The van der Waals surface area contributed by atoms with E-state index in [1.807, 2.05) is 6.07 Å². The molecule has 2 N–H and O–H groups in total. The summed E-state index contributed by atoms with van der Waals surface area (Å²) in [6.45, 7) is 5.52. The summed E-state index contributed by atoms with van der Waals surface area (Å²) in [7, 11) is 0. The molecule has 1 aromatic rings. The number of hydrogen-bond acceptors (Lipinski definition) is 3. The highest BCUT2D eigenvalue weighted by atomic mass is 79.9. The predicted octanol–water partition coefficient (Wildman–Crippen LogP) is 2.91. The molecule has 2 heterocycles. The third kappa shape index (κ3) is 2.19. The van der Waals surface area contributed by atoms with E-state index in [1.54, 1.807) is 6.26 Å². The van der Waals surface area contributed by atoms with Crippen molar-refractivity contribution in [3.8, 4) is 0 Å². The van der Waals surface area contributed by atoms with Crippen LogP contribution in [0.15, 0.2) is 21.2 Å². The monoisotopic (exact) mass is 286 g/mol. The molecule has 0 aromatic carbocycles. The van der Waals surface area contributed by atoms with Crippen molar-refractivity contribution in [2.24, 2.45) is 5.73 Å². The van der Waals surface area contributed by atoms with Crippen molar-refractivity contribution in [1.82, 2.24) is 4.90 Å². The van der Waals surface area contributed by atoms with Crippen molar-refractivity contribution in [2.75, 3.05) is 6.54 Å². The first-order valence-corrected chi connectivity index (χ1v) is 6.64. The largest absolute Gasteiger partial charge is 0.466 e. The fourth-order valence-corrected chi connectivity index (χ4v) is 2.93. The molecule has 1 aliphatic heterocycles. The SMILES string of the molecule is CC(C)N1CCCC(N)C1c1occc1Br. The van der Waals surface area contributed by atoms with Gasteiger partial charge in [0.2, 0.25) is 0 Å². The Hall–Kier alpha value is -0.320. The summed E-state index contributed by atoms with van der Waals surface area (Å²) in [6, 6.07) is 2.81. The Kier molecular flexibility index (Phi) is 3.72. The highest BCUT2D eigenvalue weighted by Crippen LogP contribution is 2.36. The minimum absolute atomic E-state index is 0.165. The van der Waals surface area contributed by atoms with E-state index < -0.39 is 0 Å². The van der Waals surface area contributed by atoms with Gasteiger partial charge < -0.3 is 10.2 Å². The molecule has 3 nitrogen and oxygen atoms in total. The van der Waals surface area contributed by atoms with Gasteiger partial charge in [-0.1, -0.05) is 0 Å². The zero-order valence-corrected chi connectivity index (χ0v) is 11.4. The molecule has 16 heavy (non-hydrogen) atoms. The van der Waals surface area contributed by atoms with Crippen LogP contribution in [-0.4, -0.2) is 23.5 Å². The highest BCUT2D eigenvalue weighted by molar-refractivity contribution is 9.10. The lowest BCUT2D eigenvalue weighted by atomic mass is 9.93. The molecule has 1 fully saturated rings. The van der Waals surface area contributed by atoms with Crippen molar-refractivity contribution < 1.29 is 4.42 Å². The lowest BCUT2D eigenvalue weighted by Crippen LogP contribution is -2.48. The number of rotatable bonds is 2. The summed E-state index contributed by atoms with van der Waals surface area (Å²) >= 11 is 3.53. The second-order valence-corrected chi connectivity index (χ2v) is 5.57. The molecule has 4 heteroatoms. The molecular weight excluding hydrogens is 268 g/mol. The number of hydrogen-bond donors (Lipinski definition) is 1. The molecule has 2 atom stereocenters. The van der Waals surface area contributed by atoms with Gasteiger partial charge in [-0.25, -0.2) is 0 Å². The lowest BCUT2D eigenvalue weighted by molar-refractivity contribution is 0.0792. The van der Waals surface area contributed by atoms with Crippen LogP contribution in [0.5, 0.6) is 0 Å². The van der Waals surface area contributed by atoms with Crippen LogP contribution >= 0.6 is 15.9 Å². The molecule has 0 saturated carbocycles. The van der Waals surface area contributed by atoms with Crippen molar-refractivity contribution >= 4 is 15.9 Å². The normalized spacial score (nSPS) is 27.6. The van der Waals surface area contributed by atoms with E-state index in [-0.39, 0.29) is 12.1 Å². The number of piperidine rings is 1. The van der Waals surface area contributed by atoms with E-state index in [1.165, 1.54) is 6.42 Å². The summed E-state index contributed by atoms with van der Waals surface area (Å²) in [5.41, 5.74) is 6.24. The minimum Gasteiger partial charge on any atom is -0.466 e. The van der Waals surface area contributed by atoms with Crippen molar-refractivity contribution in [2.45, 2.75) is 44.8 Å². The van der Waals surface area contributed by atoms with Crippen LogP contribution in [0.1, 0.15) is 38.5 Å². The van der Waals surface area contributed by atoms with Crippen LogP contribution in [0.25, 0.3) is 0 Å². The summed E-state index contributed by atoms with van der Waals surface area (Å²) < 4.78 is 6.61. The van der Waals surface area contributed by atoms with E-state index in [4.69, 9.17) is 10.2 Å². The van der Waals surface area contributed by atoms with Gasteiger partial charge in [0.15, 0.2) is 0 Å². The maximum absolute atomic E-state index is 6.24. The fourth-order valence-electron chi connectivity index (χ4n) is 2.49. The zero-order chi connectivity index (χ0) is 11.7. The van der Waals surface area contributed by atoms with Gasteiger partial charge in [-0.05, 0) is 55.2 Å². The Morgan fingerprint density at radius 3 is 2.88 bits per heavy atom. The summed E-state index contributed by atoms with van der Waals surface area (Å²) in [4.78, 5) is 2.43. The van der Waals surface area contributed by atoms with Gasteiger partial charge in [-0.3, -0.25) is 4.90 Å². The average Bonchev–Trinajstić information content (AvgIpc) is 2.64. The number of nitrogens with zero attached hydrogens (tertiary/aromatic N) is 1. The average molecular weight is 287 g/mol. The van der Waals surface area contributed by atoms with Crippen LogP contribution in [0.2, 0.25) is 0 Å². The standard InChI is InChI=1S/C12H19BrN2O/c1-8(2)15-6-3-4-10(14)11(15)12-9(13)5-7-16-12/h5,7-8,10-11H,3-4,6,14H2,1-2H3. The topological polar surface area (TPSA) is 42.4 Å². The van der Waals surface area contributed by atoms with Gasteiger partial charge in [0, 0.05) is 12.1 Å². The van der Waals surface area contributed by atoms with Gasteiger partial charge in [0.1, 0.15) is 5.76 Å². The molecule has 2 rings (SSSR count). The maximum Gasteiger partial charge on any atom is 0.136 e. The highest BCUT2D eigenvalue weighted by Gasteiger charge is 2.34. The Morgan fingerprint density at radius 1 is 1.56 bits per heavy atom. The molecule has 1 saturated heterocycles. The van der Waals surface area contributed by atoms with Crippen LogP contribution in [0.4, 0.5) is 0 Å². The summed E-state index contributed by atoms with van der Waals surface area (Å²) in [5.74, 6) is 0.973. The number of furan rings is 1. The molecule has 0 amide bonds. The van der Waals surface area contributed by atoms with Gasteiger partial charge in [0.25, 0.3) is 0 Å². The van der Waals surface area contributed by atoms with E-state index >= 15 is 0 Å². The second-order valence-electron chi connectivity index (χ2n) is 4.72. The van der Waals surface area contributed by atoms with Crippen molar-refractivity contribution in [1.29, 1.82) is 0 Å². The van der Waals surface area contributed by atoms with E-state index in [2.05, 4.69) is 34.7 Å². The first-order valence-electron chi connectivity index (χ1n) is 5.85. The Labute approximate surface area is 105 Å². The molecule has 0 aliphatic carbocycles. The number of halogens is 1. The van der Waals surface area contributed by atoms with E-state index in [9.17, 15) is 0 Å². The first kappa shape index (κ1) is 12.1. The van der Waals surface area contributed by atoms with Gasteiger partial charge in [0.05, 0.1) is 16.8 Å².